The van der Waals surface area contributed by atoms with Gasteiger partial charge in [-0.2, -0.15) is 0 Å². The minimum Gasteiger partial charge on any atom is -0.481 e. The SMILES string of the molecule is CC(C)c1cc2c(cc1/C=N/OCc1ccc(F)cc1)[C@@]1(C)CCC[C@@](C)(C(=O)O)C1CC2. The smallest absolute Gasteiger partial charge is 0.309 e. The van der Waals surface area contributed by atoms with E-state index in [1.54, 1.807) is 18.3 Å². The monoisotopic (exact) mass is 451 g/mol. The van der Waals surface area contributed by atoms with E-state index in [0.29, 0.717) is 5.92 Å². The average molecular weight is 452 g/mol. The Kier molecular flexibility index (Phi) is 6.35. The lowest BCUT2D eigenvalue weighted by Crippen LogP contribution is -2.52. The highest BCUT2D eigenvalue weighted by molar-refractivity contribution is 5.83. The summed E-state index contributed by atoms with van der Waals surface area (Å²) in [6.07, 6.45) is 6.27. The van der Waals surface area contributed by atoms with Crippen LogP contribution in [0.1, 0.15) is 87.1 Å². The van der Waals surface area contributed by atoms with Gasteiger partial charge < -0.3 is 9.94 Å². The third kappa shape index (κ3) is 4.30. The van der Waals surface area contributed by atoms with Crippen molar-refractivity contribution in [2.24, 2.45) is 16.5 Å². The van der Waals surface area contributed by atoms with Crippen LogP contribution in [-0.4, -0.2) is 17.3 Å². The minimum atomic E-state index is -0.687. The predicted octanol–water partition coefficient (Wildman–Crippen LogP) is 6.59. The first kappa shape index (κ1) is 23.5. The zero-order valence-electron chi connectivity index (χ0n) is 20.0. The first-order valence-corrected chi connectivity index (χ1v) is 12.0. The molecule has 0 radical (unpaired) electrons. The molecule has 5 heteroatoms. The number of oxime groups is 1. The second-order valence-corrected chi connectivity index (χ2v) is 10.5. The molecule has 4 rings (SSSR count). The first-order valence-electron chi connectivity index (χ1n) is 12.0. The number of carbonyl (C=O) groups is 1. The van der Waals surface area contributed by atoms with E-state index in [0.717, 1.165) is 43.2 Å². The van der Waals surface area contributed by atoms with Gasteiger partial charge in [0.05, 0.1) is 11.6 Å². The van der Waals surface area contributed by atoms with Gasteiger partial charge in [-0.05, 0) is 95.9 Å². The van der Waals surface area contributed by atoms with Gasteiger partial charge in [-0.25, -0.2) is 4.39 Å². The lowest BCUT2D eigenvalue weighted by Gasteiger charge is -2.53. The lowest BCUT2D eigenvalue weighted by molar-refractivity contribution is -0.157. The fourth-order valence-corrected chi connectivity index (χ4v) is 6.21. The van der Waals surface area contributed by atoms with E-state index in [1.165, 1.54) is 28.8 Å². The highest BCUT2D eigenvalue weighted by Crippen LogP contribution is 2.57. The number of fused-ring (bicyclic) bond motifs is 3. The van der Waals surface area contributed by atoms with Crippen LogP contribution in [0.3, 0.4) is 0 Å². The standard InChI is InChI=1S/C28H34FNO3/c1-18(2)23-14-20-8-11-25-27(3,12-5-13-28(25,4)26(31)32)24(20)15-21(23)16-30-33-17-19-6-9-22(29)10-7-19/h6-7,9-10,14-16,18,25H,5,8,11-13,17H2,1-4H3,(H,31,32)/b30-16+/t25?,27-,28-/m1/s1. The van der Waals surface area contributed by atoms with E-state index in [-0.39, 0.29) is 23.8 Å². The molecule has 0 bridgehead atoms. The molecule has 4 nitrogen and oxygen atoms in total. The van der Waals surface area contributed by atoms with Gasteiger partial charge in [0.2, 0.25) is 0 Å². The highest BCUT2D eigenvalue weighted by atomic mass is 19.1. The summed E-state index contributed by atoms with van der Waals surface area (Å²) in [7, 11) is 0. The molecule has 2 aliphatic carbocycles. The maximum absolute atomic E-state index is 13.1. The molecule has 176 valence electrons. The molecule has 0 heterocycles. The van der Waals surface area contributed by atoms with Crippen LogP contribution in [0.5, 0.6) is 0 Å². The Hall–Kier alpha value is -2.69. The zero-order valence-corrected chi connectivity index (χ0v) is 20.0. The second kappa shape index (κ2) is 8.92. The Morgan fingerprint density at radius 2 is 1.97 bits per heavy atom. The minimum absolute atomic E-state index is 0.119. The summed E-state index contributed by atoms with van der Waals surface area (Å²) in [5, 5.41) is 14.3. The Labute approximate surface area is 195 Å². The number of hydrogen-bond acceptors (Lipinski definition) is 3. The van der Waals surface area contributed by atoms with Crippen LogP contribution < -0.4 is 0 Å². The van der Waals surface area contributed by atoms with Gasteiger partial charge in [-0.15, -0.1) is 0 Å². The molecule has 0 amide bonds. The van der Waals surface area contributed by atoms with Crippen LogP contribution in [0.4, 0.5) is 4.39 Å². The van der Waals surface area contributed by atoms with Crippen molar-refractivity contribution in [2.75, 3.05) is 0 Å². The molecule has 2 aliphatic rings. The van der Waals surface area contributed by atoms with Crippen molar-refractivity contribution in [1.29, 1.82) is 0 Å². The normalized spacial score (nSPS) is 26.8. The number of rotatable bonds is 6. The van der Waals surface area contributed by atoms with E-state index in [2.05, 4.69) is 38.1 Å². The fraction of sp³-hybridized carbons (Fsp3) is 0.500. The van der Waals surface area contributed by atoms with Crippen LogP contribution in [-0.2, 0) is 28.1 Å². The van der Waals surface area contributed by atoms with E-state index in [4.69, 9.17) is 4.84 Å². The van der Waals surface area contributed by atoms with Crippen molar-refractivity contribution in [3.8, 4) is 0 Å². The molecule has 2 aromatic carbocycles. The summed E-state index contributed by atoms with van der Waals surface area (Å²) in [6.45, 7) is 8.82. The van der Waals surface area contributed by atoms with E-state index >= 15 is 0 Å². The summed E-state index contributed by atoms with van der Waals surface area (Å²) in [5.41, 5.74) is 4.87. The van der Waals surface area contributed by atoms with Crippen LogP contribution in [0, 0.1) is 17.2 Å². The Morgan fingerprint density at radius 3 is 2.64 bits per heavy atom. The van der Waals surface area contributed by atoms with Gasteiger partial charge in [0.25, 0.3) is 0 Å². The number of hydrogen-bond donors (Lipinski definition) is 1. The summed E-state index contributed by atoms with van der Waals surface area (Å²) in [5.74, 6) is -0.494. The quantitative estimate of drug-likeness (QED) is 0.398. The predicted molar refractivity (Wildman–Crippen MR) is 128 cm³/mol. The van der Waals surface area contributed by atoms with Gasteiger partial charge in [-0.1, -0.05) is 50.5 Å². The number of carboxylic acids is 1. The Bertz CT molecular complexity index is 1060. The number of nitrogens with zero attached hydrogens (tertiary/aromatic N) is 1. The molecule has 3 atom stereocenters. The average Bonchev–Trinajstić information content (AvgIpc) is 2.77. The maximum Gasteiger partial charge on any atom is 0.309 e. The van der Waals surface area contributed by atoms with Crippen molar-refractivity contribution in [1.82, 2.24) is 0 Å². The van der Waals surface area contributed by atoms with Crippen molar-refractivity contribution < 1.29 is 19.1 Å². The van der Waals surface area contributed by atoms with Crippen LogP contribution in [0.2, 0.25) is 0 Å². The van der Waals surface area contributed by atoms with E-state index in [1.807, 2.05) is 6.92 Å². The zero-order chi connectivity index (χ0) is 23.8. The molecule has 2 aromatic rings. The number of carboxylic acid groups (broad SMARTS) is 1. The number of halogens is 1. The lowest BCUT2D eigenvalue weighted by atomic mass is 9.49. The van der Waals surface area contributed by atoms with Gasteiger partial charge in [0.15, 0.2) is 0 Å². The summed E-state index contributed by atoms with van der Waals surface area (Å²) in [4.78, 5) is 17.8. The topological polar surface area (TPSA) is 58.9 Å². The maximum atomic E-state index is 13.1. The molecule has 0 saturated heterocycles. The summed E-state index contributed by atoms with van der Waals surface area (Å²) in [6, 6.07) is 10.7. The highest BCUT2D eigenvalue weighted by Gasteiger charge is 2.55. The van der Waals surface area contributed by atoms with Crippen LogP contribution in [0.15, 0.2) is 41.6 Å². The largest absolute Gasteiger partial charge is 0.481 e. The van der Waals surface area contributed by atoms with Gasteiger partial charge >= 0.3 is 5.97 Å². The van der Waals surface area contributed by atoms with Crippen molar-refractivity contribution in [2.45, 2.75) is 77.7 Å². The van der Waals surface area contributed by atoms with Crippen molar-refractivity contribution in [3.63, 3.8) is 0 Å². The van der Waals surface area contributed by atoms with Gasteiger partial charge in [0, 0.05) is 0 Å². The molecular formula is C28H34FNO3. The third-order valence-corrected chi connectivity index (χ3v) is 8.08. The summed E-state index contributed by atoms with van der Waals surface area (Å²) < 4.78 is 13.1. The molecule has 1 saturated carbocycles. The fourth-order valence-electron chi connectivity index (χ4n) is 6.21. The van der Waals surface area contributed by atoms with Crippen LogP contribution in [0.25, 0.3) is 0 Å². The Balaban J connectivity index is 1.65. The molecule has 0 aromatic heterocycles. The summed E-state index contributed by atoms with van der Waals surface area (Å²) >= 11 is 0. The molecule has 0 aliphatic heterocycles. The molecule has 33 heavy (non-hydrogen) atoms. The molecule has 1 unspecified atom stereocenters. The number of aryl methyl sites for hydroxylation is 1. The first-order chi connectivity index (χ1) is 15.6. The van der Waals surface area contributed by atoms with E-state index < -0.39 is 11.4 Å². The molecular weight excluding hydrogens is 417 g/mol. The number of aliphatic carboxylic acids is 1. The Morgan fingerprint density at radius 1 is 1.24 bits per heavy atom. The molecule has 0 spiro atoms. The third-order valence-electron chi connectivity index (χ3n) is 8.08. The van der Waals surface area contributed by atoms with Gasteiger partial charge in [-0.3, -0.25) is 4.79 Å². The van der Waals surface area contributed by atoms with Crippen LogP contribution >= 0.6 is 0 Å². The van der Waals surface area contributed by atoms with E-state index in [9.17, 15) is 14.3 Å². The van der Waals surface area contributed by atoms with Crippen molar-refractivity contribution in [3.05, 3.63) is 70.0 Å². The van der Waals surface area contributed by atoms with Gasteiger partial charge in [0.1, 0.15) is 12.4 Å². The molecule has 1 N–H and O–H groups in total. The van der Waals surface area contributed by atoms with Crippen molar-refractivity contribution >= 4 is 12.2 Å². The molecule has 1 fully saturated rings. The number of benzene rings is 2. The second-order valence-electron chi connectivity index (χ2n) is 10.5.